The molecule has 0 atom stereocenters. The van der Waals surface area contributed by atoms with Gasteiger partial charge in [0.05, 0.1) is 0 Å². The smallest absolute Gasteiger partial charge is 0.242 e. The molecule has 2 heteroatoms. The van der Waals surface area contributed by atoms with E-state index in [0.29, 0.717) is 0 Å². The summed E-state index contributed by atoms with van der Waals surface area (Å²) in [6.07, 6.45) is 5.65. The maximum Gasteiger partial charge on any atom is 0.242 e. The number of rotatable bonds is 4. The number of allylic oxidation sites excluding steroid dienone is 4. The van der Waals surface area contributed by atoms with Crippen molar-refractivity contribution in [2.75, 3.05) is 0 Å². The van der Waals surface area contributed by atoms with Crippen molar-refractivity contribution in [3.05, 3.63) is 35.1 Å². The monoisotopic (exact) mass is 278 g/mol. The molecule has 1 nitrogen and oxygen atoms in total. The molecule has 0 aromatic heterocycles. The van der Waals surface area contributed by atoms with E-state index in [9.17, 15) is 0 Å². The molecule has 0 saturated carbocycles. The molecular formula is C17H30OSi. The first-order valence-corrected chi connectivity index (χ1v) is 10.7. The third-order valence-electron chi connectivity index (χ3n) is 3.76. The fourth-order valence-corrected chi connectivity index (χ4v) is 3.73. The first kappa shape index (κ1) is 16.3. The molecule has 0 bridgehead atoms. The lowest BCUT2D eigenvalue weighted by molar-refractivity contribution is 0.325. The molecule has 1 aliphatic rings. The minimum Gasteiger partial charge on any atom is -0.544 e. The molecule has 108 valence electrons. The van der Waals surface area contributed by atoms with Gasteiger partial charge in [-0.2, -0.15) is 0 Å². The average molecular weight is 279 g/mol. The van der Waals surface area contributed by atoms with Crippen molar-refractivity contribution >= 4 is 8.32 Å². The summed E-state index contributed by atoms with van der Waals surface area (Å²) < 4.78 is 6.43. The molecule has 0 saturated heterocycles. The standard InChI is InChI=1S/C17H30OSi/c1-9-13(2)16(18-19(6,7)8)15-14(3)11-10-12-17(15,4)5/h9H,1,10-12H2,2-8H3. The molecule has 1 aliphatic carbocycles. The molecule has 0 heterocycles. The van der Waals surface area contributed by atoms with E-state index < -0.39 is 8.32 Å². The summed E-state index contributed by atoms with van der Waals surface area (Å²) in [5, 5.41) is 0. The molecule has 0 aliphatic heterocycles. The van der Waals surface area contributed by atoms with Crippen LogP contribution in [0.4, 0.5) is 0 Å². The van der Waals surface area contributed by atoms with Crippen molar-refractivity contribution in [3.8, 4) is 0 Å². The van der Waals surface area contributed by atoms with Gasteiger partial charge in [-0.05, 0) is 69.3 Å². The predicted molar refractivity (Wildman–Crippen MR) is 87.7 cm³/mol. The summed E-state index contributed by atoms with van der Waals surface area (Å²) in [6, 6.07) is 0. The molecule has 0 aromatic rings. The van der Waals surface area contributed by atoms with E-state index in [-0.39, 0.29) is 5.41 Å². The molecule has 0 spiro atoms. The summed E-state index contributed by atoms with van der Waals surface area (Å²) in [5.74, 6) is 1.11. The fourth-order valence-electron chi connectivity index (χ4n) is 2.85. The van der Waals surface area contributed by atoms with Crippen molar-refractivity contribution in [1.82, 2.24) is 0 Å². The van der Waals surface area contributed by atoms with Gasteiger partial charge >= 0.3 is 0 Å². The Morgan fingerprint density at radius 3 is 2.32 bits per heavy atom. The van der Waals surface area contributed by atoms with Crippen LogP contribution in [0.25, 0.3) is 0 Å². The van der Waals surface area contributed by atoms with E-state index in [1.54, 1.807) is 0 Å². The van der Waals surface area contributed by atoms with E-state index in [0.717, 1.165) is 5.76 Å². The summed E-state index contributed by atoms with van der Waals surface area (Å²) >= 11 is 0. The molecule has 0 unspecified atom stereocenters. The fraction of sp³-hybridized carbons (Fsp3) is 0.647. The first-order valence-electron chi connectivity index (χ1n) is 7.31. The van der Waals surface area contributed by atoms with E-state index in [1.165, 1.54) is 36.0 Å². The Bertz CT molecular complexity index is 419. The minimum atomic E-state index is -1.62. The van der Waals surface area contributed by atoms with Gasteiger partial charge in [-0.15, -0.1) is 0 Å². The minimum absolute atomic E-state index is 0.210. The molecule has 19 heavy (non-hydrogen) atoms. The second kappa shape index (κ2) is 5.70. The van der Waals surface area contributed by atoms with Crippen LogP contribution in [0.3, 0.4) is 0 Å². The predicted octanol–water partition coefficient (Wildman–Crippen LogP) is 5.82. The van der Waals surface area contributed by atoms with E-state index >= 15 is 0 Å². The Labute approximate surface area is 120 Å². The number of hydrogen-bond donors (Lipinski definition) is 0. The van der Waals surface area contributed by atoms with Crippen LogP contribution in [0, 0.1) is 5.41 Å². The van der Waals surface area contributed by atoms with Crippen molar-refractivity contribution < 1.29 is 4.43 Å². The Balaban J connectivity index is 3.37. The normalized spacial score (nSPS) is 21.0. The van der Waals surface area contributed by atoms with Crippen molar-refractivity contribution in [3.63, 3.8) is 0 Å². The zero-order valence-electron chi connectivity index (χ0n) is 13.8. The average Bonchev–Trinajstić information content (AvgIpc) is 2.23. The van der Waals surface area contributed by atoms with Gasteiger partial charge in [0, 0.05) is 0 Å². The van der Waals surface area contributed by atoms with Crippen LogP contribution >= 0.6 is 0 Å². The summed E-state index contributed by atoms with van der Waals surface area (Å²) in [4.78, 5) is 0. The Hall–Kier alpha value is -0.763. The van der Waals surface area contributed by atoms with Gasteiger partial charge in [-0.3, -0.25) is 0 Å². The Morgan fingerprint density at radius 2 is 1.89 bits per heavy atom. The van der Waals surface area contributed by atoms with Crippen molar-refractivity contribution in [2.45, 2.75) is 66.6 Å². The Morgan fingerprint density at radius 1 is 1.32 bits per heavy atom. The van der Waals surface area contributed by atoms with Crippen LogP contribution < -0.4 is 0 Å². The molecule has 0 fully saturated rings. The largest absolute Gasteiger partial charge is 0.544 e. The second-order valence-corrected chi connectivity index (χ2v) is 11.8. The van der Waals surface area contributed by atoms with Crippen molar-refractivity contribution in [2.24, 2.45) is 5.41 Å². The van der Waals surface area contributed by atoms with Crippen LogP contribution in [0.2, 0.25) is 19.6 Å². The molecular weight excluding hydrogens is 248 g/mol. The van der Waals surface area contributed by atoms with Crippen LogP contribution in [-0.2, 0) is 4.43 Å². The quantitative estimate of drug-likeness (QED) is 0.357. The first-order chi connectivity index (χ1) is 8.58. The van der Waals surface area contributed by atoms with Gasteiger partial charge in [0.1, 0.15) is 5.76 Å². The van der Waals surface area contributed by atoms with E-state index in [4.69, 9.17) is 4.43 Å². The van der Waals surface area contributed by atoms with Gasteiger partial charge in [0.25, 0.3) is 0 Å². The molecule has 1 rings (SSSR count). The Kier molecular flexibility index (Phi) is 4.89. The lowest BCUT2D eigenvalue weighted by atomic mass is 9.71. The van der Waals surface area contributed by atoms with E-state index in [2.05, 4.69) is 53.9 Å². The summed E-state index contributed by atoms with van der Waals surface area (Å²) in [6.45, 7) is 19.7. The third-order valence-corrected chi connectivity index (χ3v) is 4.57. The lowest BCUT2D eigenvalue weighted by Crippen LogP contribution is -2.30. The zero-order chi connectivity index (χ0) is 14.8. The highest BCUT2D eigenvalue weighted by Gasteiger charge is 2.34. The van der Waals surface area contributed by atoms with Gasteiger partial charge in [0.15, 0.2) is 0 Å². The highest BCUT2D eigenvalue weighted by atomic mass is 28.4. The zero-order valence-corrected chi connectivity index (χ0v) is 14.8. The second-order valence-electron chi connectivity index (χ2n) is 7.32. The van der Waals surface area contributed by atoms with E-state index in [1.807, 2.05) is 6.08 Å². The van der Waals surface area contributed by atoms with Crippen LogP contribution in [0.1, 0.15) is 47.0 Å². The molecule has 0 amide bonds. The summed E-state index contributed by atoms with van der Waals surface area (Å²) in [5.41, 5.74) is 4.30. The maximum absolute atomic E-state index is 6.43. The van der Waals surface area contributed by atoms with Gasteiger partial charge in [-0.1, -0.05) is 32.1 Å². The number of hydrogen-bond acceptors (Lipinski definition) is 1. The van der Waals surface area contributed by atoms with Crippen molar-refractivity contribution in [1.29, 1.82) is 0 Å². The SMILES string of the molecule is C=CC(C)=C(O[Si](C)(C)C)C1=C(C)CCCC1(C)C. The van der Waals surface area contributed by atoms with Crippen LogP contribution in [0.5, 0.6) is 0 Å². The van der Waals surface area contributed by atoms with Crippen LogP contribution in [0.15, 0.2) is 35.1 Å². The topological polar surface area (TPSA) is 9.23 Å². The molecule has 0 aromatic carbocycles. The van der Waals surface area contributed by atoms with Gasteiger partial charge in [0.2, 0.25) is 8.32 Å². The van der Waals surface area contributed by atoms with Gasteiger partial charge < -0.3 is 4.43 Å². The molecule has 0 radical (unpaired) electrons. The highest BCUT2D eigenvalue weighted by Crippen LogP contribution is 2.45. The molecule has 0 N–H and O–H groups in total. The maximum atomic E-state index is 6.43. The lowest BCUT2D eigenvalue weighted by Gasteiger charge is -2.38. The summed E-state index contributed by atoms with van der Waals surface area (Å²) in [7, 11) is -1.62. The van der Waals surface area contributed by atoms with Gasteiger partial charge in [-0.25, -0.2) is 0 Å². The highest BCUT2D eigenvalue weighted by molar-refractivity contribution is 6.70. The van der Waals surface area contributed by atoms with Crippen LogP contribution in [-0.4, -0.2) is 8.32 Å². The third kappa shape index (κ3) is 4.10.